The molecule has 0 unspecified atom stereocenters. The third-order valence-electron chi connectivity index (χ3n) is 9.53. The quantitative estimate of drug-likeness (QED) is 0.173. The highest BCUT2D eigenvalue weighted by Crippen LogP contribution is 2.42. The third-order valence-corrected chi connectivity index (χ3v) is 9.53. The Kier molecular flexibility index (Phi) is 6.74. The normalized spacial score (nSPS) is 11.5. The Morgan fingerprint density at radius 2 is 0.824 bits per heavy atom. The van der Waals surface area contributed by atoms with Crippen LogP contribution in [0.5, 0.6) is 0 Å². The molecule has 0 spiro atoms. The van der Waals surface area contributed by atoms with E-state index in [1.54, 1.807) is 0 Å². The van der Waals surface area contributed by atoms with Crippen molar-refractivity contribution in [3.8, 4) is 56.5 Å². The van der Waals surface area contributed by atoms with E-state index in [1.165, 1.54) is 5.56 Å². The number of hydrogen-bond acceptors (Lipinski definition) is 5. The van der Waals surface area contributed by atoms with Crippen molar-refractivity contribution in [2.75, 3.05) is 0 Å². The molecule has 0 fully saturated rings. The number of nitrogens with zero attached hydrogens (tertiary/aromatic N) is 4. The van der Waals surface area contributed by atoms with Gasteiger partial charge in [-0.1, -0.05) is 158 Å². The lowest BCUT2D eigenvalue weighted by Crippen LogP contribution is -2.00. The highest BCUT2D eigenvalue weighted by molar-refractivity contribution is 6.25. The van der Waals surface area contributed by atoms with Crippen LogP contribution in [-0.4, -0.2) is 19.9 Å². The molecule has 0 atom stereocenters. The molecule has 0 aliphatic rings. The zero-order chi connectivity index (χ0) is 33.7. The molecule has 0 saturated heterocycles. The summed E-state index contributed by atoms with van der Waals surface area (Å²) < 4.78 is 6.60. The van der Waals surface area contributed by atoms with Gasteiger partial charge >= 0.3 is 0 Å². The van der Waals surface area contributed by atoms with Gasteiger partial charge in [-0.05, 0) is 34.0 Å². The first-order chi connectivity index (χ1) is 25.3. The maximum atomic E-state index is 6.60. The summed E-state index contributed by atoms with van der Waals surface area (Å²) in [6.45, 7) is 0. The summed E-state index contributed by atoms with van der Waals surface area (Å²) in [7, 11) is 0. The third kappa shape index (κ3) is 5.03. The van der Waals surface area contributed by atoms with Gasteiger partial charge in [-0.2, -0.15) is 0 Å². The van der Waals surface area contributed by atoms with Crippen molar-refractivity contribution >= 4 is 43.6 Å². The molecule has 10 rings (SSSR count). The number of aromatic nitrogens is 4. The summed E-state index contributed by atoms with van der Waals surface area (Å²) in [6, 6.07) is 58.0. The lowest BCUT2D eigenvalue weighted by Gasteiger charge is -2.11. The van der Waals surface area contributed by atoms with Gasteiger partial charge in [0.05, 0.1) is 22.0 Å². The van der Waals surface area contributed by atoms with Crippen LogP contribution in [0, 0.1) is 0 Å². The van der Waals surface area contributed by atoms with Crippen LogP contribution >= 0.6 is 0 Å². The van der Waals surface area contributed by atoms with E-state index in [2.05, 4.69) is 121 Å². The summed E-state index contributed by atoms with van der Waals surface area (Å²) >= 11 is 0. The second-order valence-corrected chi connectivity index (χ2v) is 12.6. The first-order valence-electron chi connectivity index (χ1n) is 17.0. The zero-order valence-electron chi connectivity index (χ0n) is 27.4. The lowest BCUT2D eigenvalue weighted by atomic mass is 9.98. The SMILES string of the molecule is c1ccc(-c2ccc(-c3nc(-c4ccccc4)nc(-c4ccc(-c5nc6ccc7ccccc7c6c6oc7ccccc7c56)cc4)n3)cc2)cc1. The van der Waals surface area contributed by atoms with Crippen LogP contribution in [-0.2, 0) is 0 Å². The number of rotatable bonds is 5. The number of hydrogen-bond donors (Lipinski definition) is 0. The molecule has 0 bridgehead atoms. The summed E-state index contributed by atoms with van der Waals surface area (Å²) in [5, 5.41) is 5.37. The van der Waals surface area contributed by atoms with Gasteiger partial charge in [-0.25, -0.2) is 19.9 Å². The molecule has 0 radical (unpaired) electrons. The van der Waals surface area contributed by atoms with Crippen molar-refractivity contribution in [1.82, 2.24) is 19.9 Å². The Bertz CT molecular complexity index is 2880. The van der Waals surface area contributed by atoms with E-state index in [1.807, 2.05) is 48.5 Å². The van der Waals surface area contributed by atoms with Crippen molar-refractivity contribution in [1.29, 1.82) is 0 Å². The molecule has 0 amide bonds. The van der Waals surface area contributed by atoms with Crippen LogP contribution in [0.4, 0.5) is 0 Å². The van der Waals surface area contributed by atoms with Gasteiger partial charge in [0.2, 0.25) is 0 Å². The molecule has 0 saturated carbocycles. The topological polar surface area (TPSA) is 64.7 Å². The summed E-state index contributed by atoms with van der Waals surface area (Å²) in [4.78, 5) is 20.2. The number of furan rings is 1. The van der Waals surface area contributed by atoms with E-state index in [0.717, 1.165) is 77.1 Å². The Morgan fingerprint density at radius 1 is 0.333 bits per heavy atom. The minimum absolute atomic E-state index is 0.606. The van der Waals surface area contributed by atoms with Crippen LogP contribution in [0.1, 0.15) is 0 Å². The number of pyridine rings is 1. The predicted molar refractivity (Wildman–Crippen MR) is 207 cm³/mol. The molecule has 238 valence electrons. The largest absolute Gasteiger partial charge is 0.455 e. The van der Waals surface area contributed by atoms with Crippen molar-refractivity contribution in [2.45, 2.75) is 0 Å². The Balaban J connectivity index is 1.11. The van der Waals surface area contributed by atoms with Gasteiger partial charge in [0.1, 0.15) is 11.2 Å². The molecule has 3 heterocycles. The molecule has 51 heavy (non-hydrogen) atoms. The van der Waals surface area contributed by atoms with Crippen molar-refractivity contribution in [3.63, 3.8) is 0 Å². The van der Waals surface area contributed by atoms with Crippen molar-refractivity contribution < 1.29 is 4.42 Å². The summed E-state index contributed by atoms with van der Waals surface area (Å²) in [5.74, 6) is 1.86. The van der Waals surface area contributed by atoms with Gasteiger partial charge in [0.25, 0.3) is 0 Å². The Hall–Kier alpha value is -6.98. The van der Waals surface area contributed by atoms with E-state index in [0.29, 0.717) is 17.5 Å². The van der Waals surface area contributed by atoms with Crippen LogP contribution in [0.25, 0.3) is 100 Å². The fourth-order valence-corrected chi connectivity index (χ4v) is 7.00. The van der Waals surface area contributed by atoms with Crippen molar-refractivity contribution in [2.24, 2.45) is 0 Å². The monoisotopic (exact) mass is 652 g/mol. The second kappa shape index (κ2) is 11.9. The Morgan fingerprint density at radius 3 is 1.49 bits per heavy atom. The molecule has 5 nitrogen and oxygen atoms in total. The molecule has 3 aromatic heterocycles. The maximum absolute atomic E-state index is 6.60. The molecular weight excluding hydrogens is 625 g/mol. The molecule has 0 N–H and O–H groups in total. The second-order valence-electron chi connectivity index (χ2n) is 12.6. The van der Waals surface area contributed by atoms with Gasteiger partial charge in [-0.15, -0.1) is 0 Å². The molecule has 5 heteroatoms. The standard InChI is InChI=1S/C46H28N4O/c1-3-11-29(12-4-1)30-19-23-34(24-20-30)45-48-44(33-14-5-2-6-15-33)49-46(50-45)35-25-21-32(22-26-35)42-41-37-17-9-10-18-39(37)51-43(41)40-36-16-8-7-13-31(36)27-28-38(40)47-42/h1-28H. The highest BCUT2D eigenvalue weighted by atomic mass is 16.3. The zero-order valence-corrected chi connectivity index (χ0v) is 27.4. The van der Waals surface area contributed by atoms with E-state index < -0.39 is 0 Å². The number of benzene rings is 7. The number of fused-ring (bicyclic) bond motifs is 7. The van der Waals surface area contributed by atoms with E-state index in [4.69, 9.17) is 24.4 Å². The van der Waals surface area contributed by atoms with Crippen LogP contribution in [0.2, 0.25) is 0 Å². The van der Waals surface area contributed by atoms with E-state index >= 15 is 0 Å². The maximum Gasteiger partial charge on any atom is 0.164 e. The van der Waals surface area contributed by atoms with Crippen LogP contribution in [0.3, 0.4) is 0 Å². The van der Waals surface area contributed by atoms with Crippen LogP contribution in [0.15, 0.2) is 174 Å². The Labute approximate surface area is 293 Å². The molecule has 7 aromatic carbocycles. The molecule has 0 aliphatic heterocycles. The first-order valence-corrected chi connectivity index (χ1v) is 17.0. The minimum atomic E-state index is 0.606. The van der Waals surface area contributed by atoms with Crippen molar-refractivity contribution in [3.05, 3.63) is 170 Å². The molecule has 10 aromatic rings. The summed E-state index contributed by atoms with van der Waals surface area (Å²) in [6.07, 6.45) is 0. The fourth-order valence-electron chi connectivity index (χ4n) is 7.00. The number of para-hydroxylation sites is 1. The first kappa shape index (κ1) is 29.0. The average Bonchev–Trinajstić information content (AvgIpc) is 3.61. The summed E-state index contributed by atoms with van der Waals surface area (Å²) in [5.41, 5.74) is 9.51. The highest BCUT2D eigenvalue weighted by Gasteiger charge is 2.20. The van der Waals surface area contributed by atoms with Gasteiger partial charge in [0.15, 0.2) is 17.5 Å². The van der Waals surface area contributed by atoms with Crippen LogP contribution < -0.4 is 0 Å². The van der Waals surface area contributed by atoms with Gasteiger partial charge in [-0.3, -0.25) is 0 Å². The van der Waals surface area contributed by atoms with E-state index in [9.17, 15) is 0 Å². The predicted octanol–water partition coefficient (Wildman–Crippen LogP) is 11.8. The van der Waals surface area contributed by atoms with Gasteiger partial charge < -0.3 is 4.42 Å². The smallest absolute Gasteiger partial charge is 0.164 e. The molecular formula is C46H28N4O. The average molecular weight is 653 g/mol. The fraction of sp³-hybridized carbons (Fsp3) is 0. The molecule has 0 aliphatic carbocycles. The van der Waals surface area contributed by atoms with Gasteiger partial charge in [0, 0.05) is 27.6 Å². The lowest BCUT2D eigenvalue weighted by molar-refractivity contribution is 0.673. The minimum Gasteiger partial charge on any atom is -0.455 e. The van der Waals surface area contributed by atoms with E-state index in [-0.39, 0.29) is 0 Å².